The molecule has 5 nitrogen and oxygen atoms in total. The molecular formula is C16H21N3O2. The largest absolute Gasteiger partial charge is 0.450 e. The van der Waals surface area contributed by atoms with Crippen molar-refractivity contribution in [3.63, 3.8) is 0 Å². The normalized spacial score (nSPS) is 15.3. The molecule has 0 unspecified atom stereocenters. The molecule has 112 valence electrons. The van der Waals surface area contributed by atoms with Crippen LogP contribution >= 0.6 is 0 Å². The molecule has 0 spiro atoms. The third-order valence-corrected chi connectivity index (χ3v) is 3.63. The summed E-state index contributed by atoms with van der Waals surface area (Å²) >= 11 is 0. The van der Waals surface area contributed by atoms with E-state index in [9.17, 15) is 4.79 Å². The van der Waals surface area contributed by atoms with Crippen LogP contribution in [0.2, 0.25) is 0 Å². The van der Waals surface area contributed by atoms with E-state index in [1.807, 2.05) is 31.2 Å². The van der Waals surface area contributed by atoms with Crippen molar-refractivity contribution in [2.45, 2.75) is 32.2 Å². The Labute approximate surface area is 125 Å². The Morgan fingerprint density at radius 2 is 2.05 bits per heavy atom. The average Bonchev–Trinajstić information content (AvgIpc) is 2.50. The zero-order valence-corrected chi connectivity index (χ0v) is 12.3. The fourth-order valence-electron chi connectivity index (χ4n) is 2.47. The van der Waals surface area contributed by atoms with Crippen molar-refractivity contribution >= 4 is 11.8 Å². The summed E-state index contributed by atoms with van der Waals surface area (Å²) in [5.41, 5.74) is 2.09. The van der Waals surface area contributed by atoms with Gasteiger partial charge in [0.1, 0.15) is 0 Å². The molecule has 0 saturated carbocycles. The lowest BCUT2D eigenvalue weighted by molar-refractivity contribution is 0.0983. The summed E-state index contributed by atoms with van der Waals surface area (Å²) in [5, 5.41) is 12.1. The van der Waals surface area contributed by atoms with E-state index >= 15 is 0 Å². The number of rotatable bonds is 4. The summed E-state index contributed by atoms with van der Waals surface area (Å²) in [5.74, 6) is 0. The van der Waals surface area contributed by atoms with Gasteiger partial charge >= 0.3 is 6.09 Å². The van der Waals surface area contributed by atoms with Crippen LogP contribution in [0.1, 0.15) is 25.3 Å². The Kier molecular flexibility index (Phi) is 5.44. The number of nitriles is 1. The zero-order valence-electron chi connectivity index (χ0n) is 12.3. The van der Waals surface area contributed by atoms with Crippen LogP contribution in [0.15, 0.2) is 24.3 Å². The average molecular weight is 287 g/mol. The molecule has 1 aromatic rings. The van der Waals surface area contributed by atoms with Crippen molar-refractivity contribution in [1.29, 1.82) is 5.26 Å². The van der Waals surface area contributed by atoms with Gasteiger partial charge in [-0.05, 0) is 37.5 Å². The van der Waals surface area contributed by atoms with Gasteiger partial charge in [0.2, 0.25) is 0 Å². The first-order valence-corrected chi connectivity index (χ1v) is 7.37. The van der Waals surface area contributed by atoms with E-state index in [-0.39, 0.29) is 6.09 Å². The molecule has 1 N–H and O–H groups in total. The van der Waals surface area contributed by atoms with Gasteiger partial charge in [0.25, 0.3) is 0 Å². The molecule has 1 heterocycles. The van der Waals surface area contributed by atoms with E-state index in [0.29, 0.717) is 19.1 Å². The monoisotopic (exact) mass is 287 g/mol. The second kappa shape index (κ2) is 7.53. The number of hydrogen-bond acceptors (Lipinski definition) is 4. The molecule has 1 fully saturated rings. The highest BCUT2D eigenvalue weighted by molar-refractivity contribution is 5.67. The number of nitrogens with zero attached hydrogens (tertiary/aromatic N) is 2. The van der Waals surface area contributed by atoms with Crippen LogP contribution in [0.5, 0.6) is 0 Å². The molecule has 5 heteroatoms. The molecule has 21 heavy (non-hydrogen) atoms. The summed E-state index contributed by atoms with van der Waals surface area (Å²) in [7, 11) is 0. The quantitative estimate of drug-likeness (QED) is 0.924. The van der Waals surface area contributed by atoms with Crippen molar-refractivity contribution in [1.82, 2.24) is 4.90 Å². The van der Waals surface area contributed by atoms with E-state index in [1.54, 1.807) is 4.90 Å². The smallest absolute Gasteiger partial charge is 0.409 e. The second-order valence-corrected chi connectivity index (χ2v) is 5.14. The number of nitrogens with one attached hydrogen (secondary N) is 1. The predicted octanol–water partition coefficient (Wildman–Crippen LogP) is 2.79. The van der Waals surface area contributed by atoms with Crippen molar-refractivity contribution in [2.24, 2.45) is 0 Å². The number of piperidine rings is 1. The molecule has 0 aromatic heterocycles. The van der Waals surface area contributed by atoms with Crippen LogP contribution in [0.4, 0.5) is 10.5 Å². The summed E-state index contributed by atoms with van der Waals surface area (Å²) in [6.07, 6.45) is 2.06. The Morgan fingerprint density at radius 1 is 1.38 bits per heavy atom. The van der Waals surface area contributed by atoms with Gasteiger partial charge < -0.3 is 15.0 Å². The minimum absolute atomic E-state index is 0.211. The fourth-order valence-corrected chi connectivity index (χ4v) is 2.47. The minimum atomic E-state index is -0.211. The van der Waals surface area contributed by atoms with Crippen molar-refractivity contribution in [3.05, 3.63) is 29.8 Å². The first kappa shape index (κ1) is 15.2. The topological polar surface area (TPSA) is 65.4 Å². The Hall–Kier alpha value is -2.22. The fraction of sp³-hybridized carbons (Fsp3) is 0.500. The summed E-state index contributed by atoms with van der Waals surface area (Å²) < 4.78 is 5.01. The molecule has 1 aromatic carbocycles. The Bertz CT molecular complexity index is 499. The molecule has 1 saturated heterocycles. The zero-order chi connectivity index (χ0) is 15.1. The van der Waals surface area contributed by atoms with Crippen molar-refractivity contribution in [2.75, 3.05) is 25.0 Å². The maximum Gasteiger partial charge on any atom is 0.409 e. The number of carbonyl (C=O) groups excluding carboxylic acids is 1. The lowest BCUT2D eigenvalue weighted by atomic mass is 10.0. The standard InChI is InChI=1S/C16H21N3O2/c1-2-21-16(20)19-11-8-15(9-12-19)18-14-5-3-13(4-6-14)7-10-17/h3-6,15,18H,2,7-9,11-12H2,1H3. The van der Waals surface area contributed by atoms with Crippen molar-refractivity contribution < 1.29 is 9.53 Å². The number of hydrogen-bond donors (Lipinski definition) is 1. The number of anilines is 1. The van der Waals surface area contributed by atoms with Gasteiger partial charge in [-0.1, -0.05) is 12.1 Å². The van der Waals surface area contributed by atoms with E-state index in [4.69, 9.17) is 10.00 Å². The number of likely N-dealkylation sites (tertiary alicyclic amines) is 1. The van der Waals surface area contributed by atoms with Gasteiger partial charge in [-0.25, -0.2) is 4.79 Å². The van der Waals surface area contributed by atoms with Gasteiger partial charge in [0, 0.05) is 24.8 Å². The molecule has 0 atom stereocenters. The highest BCUT2D eigenvalue weighted by Crippen LogP contribution is 2.18. The van der Waals surface area contributed by atoms with E-state index in [1.165, 1.54) is 0 Å². The van der Waals surface area contributed by atoms with Gasteiger partial charge in [0.15, 0.2) is 0 Å². The molecule has 1 aliphatic rings. The maximum atomic E-state index is 11.6. The van der Waals surface area contributed by atoms with Gasteiger partial charge in [-0.2, -0.15) is 5.26 Å². The third-order valence-electron chi connectivity index (χ3n) is 3.63. The first-order valence-electron chi connectivity index (χ1n) is 7.37. The maximum absolute atomic E-state index is 11.6. The van der Waals surface area contributed by atoms with Gasteiger partial charge in [0.05, 0.1) is 19.1 Å². The Balaban J connectivity index is 1.80. The van der Waals surface area contributed by atoms with Gasteiger partial charge in [-0.3, -0.25) is 0 Å². The number of ether oxygens (including phenoxy) is 1. The molecule has 0 aliphatic carbocycles. The number of amides is 1. The van der Waals surface area contributed by atoms with E-state index in [2.05, 4.69) is 11.4 Å². The number of carbonyl (C=O) groups is 1. The lowest BCUT2D eigenvalue weighted by Gasteiger charge is -2.32. The third kappa shape index (κ3) is 4.38. The van der Waals surface area contributed by atoms with Crippen LogP contribution in [0, 0.1) is 11.3 Å². The summed E-state index contributed by atoms with van der Waals surface area (Å²) in [4.78, 5) is 13.4. The molecule has 1 amide bonds. The predicted molar refractivity (Wildman–Crippen MR) is 81.0 cm³/mol. The van der Waals surface area contributed by atoms with Gasteiger partial charge in [-0.15, -0.1) is 0 Å². The molecule has 0 bridgehead atoms. The van der Waals surface area contributed by atoms with Crippen LogP contribution in [-0.2, 0) is 11.2 Å². The summed E-state index contributed by atoms with van der Waals surface area (Å²) in [6.45, 7) is 3.69. The van der Waals surface area contributed by atoms with Crippen LogP contribution in [-0.4, -0.2) is 36.7 Å². The minimum Gasteiger partial charge on any atom is -0.450 e. The van der Waals surface area contributed by atoms with Crippen LogP contribution in [0.25, 0.3) is 0 Å². The lowest BCUT2D eigenvalue weighted by Crippen LogP contribution is -2.42. The van der Waals surface area contributed by atoms with Crippen molar-refractivity contribution in [3.8, 4) is 6.07 Å². The molecule has 0 radical (unpaired) electrons. The molecular weight excluding hydrogens is 266 g/mol. The Morgan fingerprint density at radius 3 is 2.62 bits per heavy atom. The van der Waals surface area contributed by atoms with E-state index < -0.39 is 0 Å². The molecule has 1 aliphatic heterocycles. The number of benzene rings is 1. The van der Waals surface area contributed by atoms with E-state index in [0.717, 1.165) is 37.2 Å². The highest BCUT2D eigenvalue weighted by atomic mass is 16.6. The first-order chi connectivity index (χ1) is 10.2. The highest BCUT2D eigenvalue weighted by Gasteiger charge is 2.23. The summed E-state index contributed by atoms with van der Waals surface area (Å²) in [6, 6.07) is 10.5. The SMILES string of the molecule is CCOC(=O)N1CCC(Nc2ccc(CC#N)cc2)CC1. The van der Waals surface area contributed by atoms with Crippen LogP contribution < -0.4 is 5.32 Å². The molecule has 2 rings (SSSR count). The van der Waals surface area contributed by atoms with Crippen LogP contribution in [0.3, 0.4) is 0 Å². The second-order valence-electron chi connectivity index (χ2n) is 5.14.